The van der Waals surface area contributed by atoms with E-state index in [1.807, 2.05) is 13.8 Å². The summed E-state index contributed by atoms with van der Waals surface area (Å²) in [6.45, 7) is 4.00. The molecule has 0 amide bonds. The van der Waals surface area contributed by atoms with Crippen LogP contribution in [0.15, 0.2) is 54.6 Å². The number of carbonyl (C=O) groups is 1. The van der Waals surface area contributed by atoms with Crippen LogP contribution in [0.1, 0.15) is 40.9 Å². The molecular formula is C22H19NO5. The Labute approximate surface area is 161 Å². The number of benzene rings is 3. The standard InChI is InChI=1S/C20H13NO5.C2H6/c21-10-1-4-13-16(7-10)20(26-19(13)24)14-5-2-11(22)8-17(14)25-18-9-12(23)3-6-15(18)20;1-2/h1-9,22-23H,21H2;1-2H3. The second-order valence-corrected chi connectivity index (χ2v) is 6.34. The van der Waals surface area contributed by atoms with Crippen LogP contribution in [0.2, 0.25) is 0 Å². The number of ether oxygens (including phenoxy) is 2. The Morgan fingerprint density at radius 3 is 1.96 bits per heavy atom. The van der Waals surface area contributed by atoms with E-state index < -0.39 is 11.6 Å². The summed E-state index contributed by atoms with van der Waals surface area (Å²) in [5.41, 5.74) is 7.38. The van der Waals surface area contributed by atoms with Crippen molar-refractivity contribution in [1.82, 2.24) is 0 Å². The quantitative estimate of drug-likeness (QED) is 0.399. The normalized spacial score (nSPS) is 14.7. The maximum atomic E-state index is 12.6. The Morgan fingerprint density at radius 1 is 0.821 bits per heavy atom. The van der Waals surface area contributed by atoms with Gasteiger partial charge in [0.1, 0.15) is 23.0 Å². The molecule has 2 aliphatic heterocycles. The number of anilines is 1. The second-order valence-electron chi connectivity index (χ2n) is 6.34. The third kappa shape index (κ3) is 2.31. The molecule has 28 heavy (non-hydrogen) atoms. The number of rotatable bonds is 0. The van der Waals surface area contributed by atoms with Gasteiger partial charge in [-0.15, -0.1) is 0 Å². The molecule has 5 rings (SSSR count). The smallest absolute Gasteiger partial charge is 0.340 e. The molecule has 0 unspecified atom stereocenters. The highest BCUT2D eigenvalue weighted by Crippen LogP contribution is 2.57. The topological polar surface area (TPSA) is 102 Å². The van der Waals surface area contributed by atoms with E-state index in [9.17, 15) is 15.0 Å². The number of nitrogens with two attached hydrogens (primary N) is 1. The molecule has 142 valence electrons. The fourth-order valence-electron chi connectivity index (χ4n) is 3.72. The first-order valence-corrected chi connectivity index (χ1v) is 8.97. The number of hydrogen-bond acceptors (Lipinski definition) is 6. The fourth-order valence-corrected chi connectivity index (χ4v) is 3.72. The maximum Gasteiger partial charge on any atom is 0.340 e. The summed E-state index contributed by atoms with van der Waals surface area (Å²) in [6.07, 6.45) is 0. The average Bonchev–Trinajstić information content (AvgIpc) is 2.95. The highest BCUT2D eigenvalue weighted by Gasteiger charge is 2.53. The second kappa shape index (κ2) is 6.20. The van der Waals surface area contributed by atoms with Crippen molar-refractivity contribution in [2.75, 3.05) is 5.73 Å². The van der Waals surface area contributed by atoms with Crippen LogP contribution in [0.25, 0.3) is 0 Å². The predicted molar refractivity (Wildman–Crippen MR) is 104 cm³/mol. The Kier molecular flexibility index (Phi) is 3.92. The van der Waals surface area contributed by atoms with E-state index in [2.05, 4.69) is 0 Å². The first-order valence-electron chi connectivity index (χ1n) is 8.97. The first kappa shape index (κ1) is 17.7. The lowest BCUT2D eigenvalue weighted by Gasteiger charge is -2.36. The molecule has 3 aromatic carbocycles. The minimum Gasteiger partial charge on any atom is -0.508 e. The average molecular weight is 377 g/mol. The van der Waals surface area contributed by atoms with Crippen molar-refractivity contribution in [2.45, 2.75) is 19.4 Å². The zero-order chi connectivity index (χ0) is 20.1. The number of phenols is 2. The Hall–Kier alpha value is -3.67. The molecule has 0 saturated carbocycles. The minimum absolute atomic E-state index is 0.0135. The van der Waals surface area contributed by atoms with Gasteiger partial charge in [-0.3, -0.25) is 0 Å². The lowest BCUT2D eigenvalue weighted by atomic mass is 9.77. The van der Waals surface area contributed by atoms with E-state index in [4.69, 9.17) is 15.2 Å². The molecule has 0 radical (unpaired) electrons. The molecule has 6 nitrogen and oxygen atoms in total. The van der Waals surface area contributed by atoms with E-state index in [-0.39, 0.29) is 11.5 Å². The van der Waals surface area contributed by atoms with Crippen molar-refractivity contribution in [2.24, 2.45) is 0 Å². The molecule has 0 atom stereocenters. The first-order chi connectivity index (χ1) is 13.5. The van der Waals surface area contributed by atoms with E-state index >= 15 is 0 Å². The summed E-state index contributed by atoms with van der Waals surface area (Å²) >= 11 is 0. The molecule has 0 fully saturated rings. The van der Waals surface area contributed by atoms with Gasteiger partial charge in [0.15, 0.2) is 5.60 Å². The van der Waals surface area contributed by atoms with Gasteiger partial charge >= 0.3 is 5.97 Å². The van der Waals surface area contributed by atoms with Gasteiger partial charge in [0.25, 0.3) is 0 Å². The lowest BCUT2D eigenvalue weighted by molar-refractivity contribution is 0.0224. The highest BCUT2D eigenvalue weighted by molar-refractivity contribution is 5.97. The molecule has 1 spiro atoms. The van der Waals surface area contributed by atoms with Crippen LogP contribution in [0, 0.1) is 0 Å². The monoisotopic (exact) mass is 377 g/mol. The molecular weight excluding hydrogens is 358 g/mol. The summed E-state index contributed by atoms with van der Waals surface area (Å²) in [4.78, 5) is 12.6. The molecule has 0 bridgehead atoms. The van der Waals surface area contributed by atoms with E-state index in [0.717, 1.165) is 0 Å². The summed E-state index contributed by atoms with van der Waals surface area (Å²) in [7, 11) is 0. The zero-order valence-electron chi connectivity index (χ0n) is 15.4. The third-order valence-electron chi connectivity index (χ3n) is 4.80. The molecule has 2 heterocycles. The predicted octanol–water partition coefficient (Wildman–Crippen LogP) is 4.27. The Morgan fingerprint density at radius 2 is 1.39 bits per heavy atom. The number of fused-ring (bicyclic) bond motifs is 6. The van der Waals surface area contributed by atoms with Crippen LogP contribution in [-0.2, 0) is 10.3 Å². The van der Waals surface area contributed by atoms with Gasteiger partial charge in [-0.1, -0.05) is 13.8 Å². The summed E-state index contributed by atoms with van der Waals surface area (Å²) in [6, 6.07) is 14.2. The van der Waals surface area contributed by atoms with E-state index in [0.29, 0.717) is 39.4 Å². The molecule has 0 aliphatic carbocycles. The van der Waals surface area contributed by atoms with E-state index in [1.54, 1.807) is 30.3 Å². The summed E-state index contributed by atoms with van der Waals surface area (Å²) in [5, 5.41) is 19.7. The molecule has 0 saturated heterocycles. The summed E-state index contributed by atoms with van der Waals surface area (Å²) in [5.74, 6) is 0.233. The summed E-state index contributed by atoms with van der Waals surface area (Å²) < 4.78 is 11.8. The van der Waals surface area contributed by atoms with Crippen LogP contribution < -0.4 is 10.5 Å². The van der Waals surface area contributed by atoms with Crippen LogP contribution in [0.3, 0.4) is 0 Å². The lowest BCUT2D eigenvalue weighted by Crippen LogP contribution is -2.33. The van der Waals surface area contributed by atoms with Gasteiger partial charge in [0, 0.05) is 34.5 Å². The molecule has 6 heteroatoms. The van der Waals surface area contributed by atoms with Crippen LogP contribution in [-0.4, -0.2) is 16.2 Å². The SMILES string of the molecule is CC.Nc1ccc2c(c1)C1(OC2=O)c2ccc(O)cc2Oc2cc(O)ccc21. The minimum atomic E-state index is -1.26. The van der Waals surface area contributed by atoms with Gasteiger partial charge in [0.05, 0.1) is 5.56 Å². The maximum absolute atomic E-state index is 12.6. The third-order valence-corrected chi connectivity index (χ3v) is 4.80. The Balaban J connectivity index is 0.000000932. The van der Waals surface area contributed by atoms with Crippen molar-refractivity contribution < 1.29 is 24.5 Å². The number of phenolic OH excluding ortho intramolecular Hbond substituents is 2. The molecule has 0 aromatic heterocycles. The van der Waals surface area contributed by atoms with Gasteiger partial charge < -0.3 is 25.4 Å². The molecule has 2 aliphatic rings. The highest BCUT2D eigenvalue weighted by atomic mass is 16.6. The molecule has 3 aromatic rings. The van der Waals surface area contributed by atoms with Crippen LogP contribution >= 0.6 is 0 Å². The molecule has 4 N–H and O–H groups in total. The van der Waals surface area contributed by atoms with Crippen LogP contribution in [0.4, 0.5) is 5.69 Å². The number of hydrogen-bond donors (Lipinski definition) is 3. The van der Waals surface area contributed by atoms with Gasteiger partial charge in [0.2, 0.25) is 0 Å². The number of nitrogen functional groups attached to an aromatic ring is 1. The van der Waals surface area contributed by atoms with Crippen LogP contribution in [0.5, 0.6) is 23.0 Å². The number of aromatic hydroxyl groups is 2. The zero-order valence-corrected chi connectivity index (χ0v) is 15.4. The van der Waals surface area contributed by atoms with Crippen molar-refractivity contribution in [3.8, 4) is 23.0 Å². The van der Waals surface area contributed by atoms with Crippen molar-refractivity contribution >= 4 is 11.7 Å². The van der Waals surface area contributed by atoms with Gasteiger partial charge in [-0.2, -0.15) is 0 Å². The Bertz CT molecular complexity index is 1050. The van der Waals surface area contributed by atoms with Gasteiger partial charge in [-0.05, 0) is 42.5 Å². The van der Waals surface area contributed by atoms with E-state index in [1.165, 1.54) is 24.3 Å². The van der Waals surface area contributed by atoms with Crippen molar-refractivity contribution in [3.05, 3.63) is 76.9 Å². The number of esters is 1. The van der Waals surface area contributed by atoms with Crippen molar-refractivity contribution in [1.29, 1.82) is 0 Å². The largest absolute Gasteiger partial charge is 0.508 e. The van der Waals surface area contributed by atoms with Gasteiger partial charge in [-0.25, -0.2) is 4.79 Å². The fraction of sp³-hybridized carbons (Fsp3) is 0.136. The van der Waals surface area contributed by atoms with Crippen molar-refractivity contribution in [3.63, 3.8) is 0 Å². The number of carbonyl (C=O) groups excluding carboxylic acids is 1.